The Bertz CT molecular complexity index is 548. The molecule has 0 spiro atoms. The zero-order chi connectivity index (χ0) is 18.2. The number of hydrogen-bond acceptors (Lipinski definition) is 5. The summed E-state index contributed by atoms with van der Waals surface area (Å²) in [5.41, 5.74) is 1.15. The number of hydrogen-bond donors (Lipinski definition) is 1. The maximum absolute atomic E-state index is 12.8. The summed E-state index contributed by atoms with van der Waals surface area (Å²) in [6, 6.07) is 3.96. The van der Waals surface area contributed by atoms with Gasteiger partial charge in [0, 0.05) is 44.3 Å². The highest BCUT2D eigenvalue weighted by Gasteiger charge is 2.34. The molecule has 3 rings (SSSR count). The lowest BCUT2D eigenvalue weighted by atomic mass is 10.1. The molecule has 2 fully saturated rings. The van der Waals surface area contributed by atoms with Crippen molar-refractivity contribution in [2.24, 2.45) is 0 Å². The van der Waals surface area contributed by atoms with Gasteiger partial charge in [-0.2, -0.15) is 0 Å². The lowest BCUT2D eigenvalue weighted by molar-refractivity contribution is -0.134. The van der Waals surface area contributed by atoms with E-state index in [1.54, 1.807) is 18.0 Å². The van der Waals surface area contributed by atoms with E-state index in [0.29, 0.717) is 0 Å². The van der Waals surface area contributed by atoms with E-state index in [1.807, 2.05) is 12.3 Å². The molecule has 6 heteroatoms. The Kier molecular flexibility index (Phi) is 7.77. The quantitative estimate of drug-likeness (QED) is 0.707. The molecule has 0 bridgehead atoms. The van der Waals surface area contributed by atoms with Crippen LogP contribution in [0.4, 0.5) is 0 Å². The zero-order valence-corrected chi connectivity index (χ0v) is 16.7. The molecule has 1 amide bonds. The second-order valence-corrected chi connectivity index (χ2v) is 8.44. The normalized spacial score (nSPS) is 24.1. The van der Waals surface area contributed by atoms with Gasteiger partial charge >= 0.3 is 0 Å². The van der Waals surface area contributed by atoms with E-state index in [0.717, 1.165) is 37.5 Å². The van der Waals surface area contributed by atoms with Gasteiger partial charge in [-0.1, -0.05) is 38.7 Å². The van der Waals surface area contributed by atoms with Crippen molar-refractivity contribution < 1.29 is 4.79 Å². The fourth-order valence-electron chi connectivity index (χ4n) is 3.69. The standard InChI is InChI=1S/C20H32N4OS/c1-2-3-4-5-6-10-23-11-13-24(14-12-23)20(25)18-16-26-19(22-18)17-8-7-9-21-15-17/h7-9,15,18-19,22H,2-6,10-14,16H2,1H3/t18-,19?/m0/s1. The smallest absolute Gasteiger partial charge is 0.240 e. The topological polar surface area (TPSA) is 48.5 Å². The van der Waals surface area contributed by atoms with Gasteiger partial charge in [0.25, 0.3) is 0 Å². The average molecular weight is 377 g/mol. The van der Waals surface area contributed by atoms with Crippen molar-refractivity contribution in [3.8, 4) is 0 Å². The van der Waals surface area contributed by atoms with E-state index in [1.165, 1.54) is 38.6 Å². The van der Waals surface area contributed by atoms with Crippen molar-refractivity contribution in [3.05, 3.63) is 30.1 Å². The Balaban J connectivity index is 1.37. The van der Waals surface area contributed by atoms with Crippen molar-refractivity contribution in [2.45, 2.75) is 50.4 Å². The van der Waals surface area contributed by atoms with Crippen LogP contribution >= 0.6 is 11.8 Å². The van der Waals surface area contributed by atoms with Crippen LogP contribution in [-0.2, 0) is 4.79 Å². The highest BCUT2D eigenvalue weighted by atomic mass is 32.2. The number of nitrogens with zero attached hydrogens (tertiary/aromatic N) is 3. The molecular weight excluding hydrogens is 344 g/mol. The molecule has 2 aliphatic heterocycles. The van der Waals surface area contributed by atoms with Gasteiger partial charge in [0.05, 0.1) is 11.4 Å². The van der Waals surface area contributed by atoms with Crippen molar-refractivity contribution in [2.75, 3.05) is 38.5 Å². The number of piperazine rings is 1. The second kappa shape index (κ2) is 10.3. The van der Waals surface area contributed by atoms with E-state index < -0.39 is 0 Å². The molecule has 0 aliphatic carbocycles. The minimum absolute atomic E-state index is 0.0641. The van der Waals surface area contributed by atoms with Gasteiger partial charge < -0.3 is 4.90 Å². The van der Waals surface area contributed by atoms with Crippen LogP contribution in [0.25, 0.3) is 0 Å². The third-order valence-corrected chi connectivity index (χ3v) is 6.60. The zero-order valence-electron chi connectivity index (χ0n) is 15.9. The summed E-state index contributed by atoms with van der Waals surface area (Å²) in [6.45, 7) is 7.22. The summed E-state index contributed by atoms with van der Waals surface area (Å²) in [7, 11) is 0. The van der Waals surface area contributed by atoms with Crippen LogP contribution in [0.15, 0.2) is 24.5 Å². The number of aromatic nitrogens is 1. The van der Waals surface area contributed by atoms with Crippen LogP contribution in [0.3, 0.4) is 0 Å². The summed E-state index contributed by atoms with van der Waals surface area (Å²) >= 11 is 1.80. The van der Waals surface area contributed by atoms with Gasteiger partial charge in [-0.15, -0.1) is 11.8 Å². The van der Waals surface area contributed by atoms with Crippen LogP contribution in [0.1, 0.15) is 50.0 Å². The lowest BCUT2D eigenvalue weighted by Gasteiger charge is -2.36. The molecule has 1 aromatic rings. The average Bonchev–Trinajstić information content (AvgIpc) is 3.19. The third kappa shape index (κ3) is 5.44. The highest BCUT2D eigenvalue weighted by Crippen LogP contribution is 2.32. The Hall–Kier alpha value is -1.11. The van der Waals surface area contributed by atoms with Crippen molar-refractivity contribution in [3.63, 3.8) is 0 Å². The molecule has 144 valence electrons. The minimum Gasteiger partial charge on any atom is -0.339 e. The number of carbonyl (C=O) groups excluding carboxylic acids is 1. The van der Waals surface area contributed by atoms with Crippen LogP contribution in [0, 0.1) is 0 Å². The first kappa shape index (κ1) is 19.6. The summed E-state index contributed by atoms with van der Waals surface area (Å²) in [4.78, 5) is 21.6. The van der Waals surface area contributed by atoms with E-state index in [2.05, 4.69) is 33.1 Å². The maximum Gasteiger partial charge on any atom is 0.240 e. The number of rotatable bonds is 8. The Morgan fingerprint density at radius 2 is 2.04 bits per heavy atom. The lowest BCUT2D eigenvalue weighted by Crippen LogP contribution is -2.53. The first-order valence-corrected chi connectivity index (χ1v) is 11.1. The van der Waals surface area contributed by atoms with Gasteiger partial charge in [0.15, 0.2) is 0 Å². The van der Waals surface area contributed by atoms with Crippen molar-refractivity contribution >= 4 is 17.7 Å². The molecule has 5 nitrogen and oxygen atoms in total. The minimum atomic E-state index is -0.0641. The fourth-order valence-corrected chi connectivity index (χ4v) is 4.90. The summed E-state index contributed by atoms with van der Waals surface area (Å²) in [5.74, 6) is 1.11. The largest absolute Gasteiger partial charge is 0.339 e. The van der Waals surface area contributed by atoms with Gasteiger partial charge in [-0.05, 0) is 24.6 Å². The maximum atomic E-state index is 12.8. The first-order chi connectivity index (χ1) is 12.8. The molecule has 3 heterocycles. The van der Waals surface area contributed by atoms with E-state index in [4.69, 9.17) is 0 Å². The summed E-state index contributed by atoms with van der Waals surface area (Å²) < 4.78 is 0. The molecule has 2 aliphatic rings. The monoisotopic (exact) mass is 376 g/mol. The number of pyridine rings is 1. The van der Waals surface area contributed by atoms with Gasteiger partial charge in [0.1, 0.15) is 0 Å². The molecule has 1 aromatic heterocycles. The van der Waals surface area contributed by atoms with Crippen LogP contribution in [0.2, 0.25) is 0 Å². The van der Waals surface area contributed by atoms with Gasteiger partial charge in [0.2, 0.25) is 5.91 Å². The fraction of sp³-hybridized carbons (Fsp3) is 0.700. The number of nitrogens with one attached hydrogen (secondary N) is 1. The number of carbonyl (C=O) groups is 1. The number of thioether (sulfide) groups is 1. The predicted molar refractivity (Wildman–Crippen MR) is 108 cm³/mol. The molecule has 26 heavy (non-hydrogen) atoms. The first-order valence-electron chi connectivity index (χ1n) is 10.1. The SMILES string of the molecule is CCCCCCCN1CCN(C(=O)[C@@H]2CSC(c3cccnc3)N2)CC1. The van der Waals surface area contributed by atoms with Gasteiger partial charge in [-0.25, -0.2) is 0 Å². The molecule has 0 saturated carbocycles. The molecule has 1 unspecified atom stereocenters. The molecule has 0 aromatic carbocycles. The molecule has 0 radical (unpaired) electrons. The van der Waals surface area contributed by atoms with Crippen molar-refractivity contribution in [1.29, 1.82) is 0 Å². The van der Waals surface area contributed by atoms with Crippen LogP contribution in [-0.4, -0.2) is 65.2 Å². The number of unbranched alkanes of at least 4 members (excludes halogenated alkanes) is 4. The van der Waals surface area contributed by atoms with E-state index >= 15 is 0 Å². The summed E-state index contributed by atoms with van der Waals surface area (Å²) in [6.07, 6.45) is 10.3. The molecule has 2 saturated heterocycles. The second-order valence-electron chi connectivity index (χ2n) is 7.30. The van der Waals surface area contributed by atoms with Crippen LogP contribution in [0.5, 0.6) is 0 Å². The molecule has 1 N–H and O–H groups in total. The van der Waals surface area contributed by atoms with Crippen molar-refractivity contribution in [1.82, 2.24) is 20.1 Å². The molecular formula is C20H32N4OS. The van der Waals surface area contributed by atoms with E-state index in [9.17, 15) is 4.79 Å². The van der Waals surface area contributed by atoms with E-state index in [-0.39, 0.29) is 17.3 Å². The number of amides is 1. The van der Waals surface area contributed by atoms with Gasteiger partial charge in [-0.3, -0.25) is 20.0 Å². The predicted octanol–water partition coefficient (Wildman–Crippen LogP) is 2.90. The highest BCUT2D eigenvalue weighted by molar-refractivity contribution is 7.99. The summed E-state index contributed by atoms with van der Waals surface area (Å²) in [5, 5.41) is 3.67. The molecule has 2 atom stereocenters. The Labute approximate surface area is 161 Å². The third-order valence-electron chi connectivity index (χ3n) is 5.33. The van der Waals surface area contributed by atoms with Crippen LogP contribution < -0.4 is 5.32 Å². The Morgan fingerprint density at radius 1 is 1.23 bits per heavy atom. The Morgan fingerprint density at radius 3 is 2.77 bits per heavy atom.